The van der Waals surface area contributed by atoms with Gasteiger partial charge >= 0.3 is 0 Å². The molecular weight excluding hydrogens is 216 g/mol. The molecule has 0 saturated carbocycles. The fourth-order valence-corrected chi connectivity index (χ4v) is 2.66. The Morgan fingerprint density at radius 2 is 2.38 bits per heavy atom. The van der Waals surface area contributed by atoms with E-state index in [2.05, 4.69) is 48.4 Å². The molecule has 1 aliphatic heterocycles. The highest BCUT2D eigenvalue weighted by Gasteiger charge is 2.16. The van der Waals surface area contributed by atoms with Gasteiger partial charge in [0.25, 0.3) is 0 Å². The molecule has 1 heterocycles. The Bertz CT molecular complexity index is 387. The highest BCUT2D eigenvalue weighted by atomic mass is 32.2. The van der Waals surface area contributed by atoms with Crippen LogP contribution < -0.4 is 5.32 Å². The summed E-state index contributed by atoms with van der Waals surface area (Å²) < 4.78 is 0. The molecule has 16 heavy (non-hydrogen) atoms. The van der Waals surface area contributed by atoms with Crippen molar-refractivity contribution in [1.82, 2.24) is 5.32 Å². The lowest BCUT2D eigenvalue weighted by Crippen LogP contribution is -2.18. The van der Waals surface area contributed by atoms with Crippen molar-refractivity contribution in [2.24, 2.45) is 4.99 Å². The molecule has 0 saturated heterocycles. The molecule has 1 aromatic rings. The summed E-state index contributed by atoms with van der Waals surface area (Å²) in [6.07, 6.45) is 1.20. The van der Waals surface area contributed by atoms with Gasteiger partial charge in [0.1, 0.15) is 0 Å². The smallest absolute Gasteiger partial charge is 0.157 e. The number of nitrogens with zero attached hydrogens (tertiary/aromatic N) is 1. The summed E-state index contributed by atoms with van der Waals surface area (Å²) in [6.45, 7) is 6.19. The van der Waals surface area contributed by atoms with Crippen molar-refractivity contribution in [3.63, 3.8) is 0 Å². The molecule has 1 N–H and O–H groups in total. The van der Waals surface area contributed by atoms with Crippen LogP contribution in [0.1, 0.15) is 24.5 Å². The molecule has 0 bridgehead atoms. The lowest BCUT2D eigenvalue weighted by atomic mass is 10.1. The largest absolute Gasteiger partial charge is 0.361 e. The van der Waals surface area contributed by atoms with E-state index in [-0.39, 0.29) is 0 Å². The van der Waals surface area contributed by atoms with Gasteiger partial charge in [0.05, 0.1) is 6.54 Å². The molecule has 0 amide bonds. The number of aryl methyl sites for hydroxylation is 1. The van der Waals surface area contributed by atoms with Gasteiger partial charge in [-0.25, -0.2) is 0 Å². The van der Waals surface area contributed by atoms with E-state index < -0.39 is 0 Å². The molecule has 1 unspecified atom stereocenters. The van der Waals surface area contributed by atoms with Gasteiger partial charge in [-0.05, 0) is 18.9 Å². The Morgan fingerprint density at radius 1 is 1.50 bits per heavy atom. The van der Waals surface area contributed by atoms with Crippen molar-refractivity contribution in [1.29, 1.82) is 0 Å². The van der Waals surface area contributed by atoms with Crippen LogP contribution >= 0.6 is 11.8 Å². The number of aliphatic imine (C=N–C) groups is 1. The summed E-state index contributed by atoms with van der Waals surface area (Å²) in [5.41, 5.74) is 2.63. The predicted octanol–water partition coefficient (Wildman–Crippen LogP) is 2.97. The maximum absolute atomic E-state index is 4.49. The molecular formula is C13H18N2S. The fraction of sp³-hybridized carbons (Fsp3) is 0.462. The first-order valence-electron chi connectivity index (χ1n) is 5.78. The van der Waals surface area contributed by atoms with Crippen molar-refractivity contribution >= 4 is 16.9 Å². The molecule has 2 nitrogen and oxygen atoms in total. The molecule has 0 fully saturated rings. The summed E-state index contributed by atoms with van der Waals surface area (Å²) in [7, 11) is 0. The Balaban J connectivity index is 1.84. The Labute approximate surface area is 102 Å². The number of nitrogens with one attached hydrogen (secondary N) is 1. The molecule has 0 aromatic heterocycles. The van der Waals surface area contributed by atoms with Crippen molar-refractivity contribution in [3.8, 4) is 0 Å². The first-order valence-corrected chi connectivity index (χ1v) is 6.66. The molecule has 86 valence electrons. The molecule has 3 heteroatoms. The lowest BCUT2D eigenvalue weighted by molar-refractivity contribution is 0.839. The highest BCUT2D eigenvalue weighted by Crippen LogP contribution is 2.22. The molecule has 0 aliphatic carbocycles. The third-order valence-corrected chi connectivity index (χ3v) is 4.01. The Morgan fingerprint density at radius 3 is 3.06 bits per heavy atom. The summed E-state index contributed by atoms with van der Waals surface area (Å²) in [4.78, 5) is 4.49. The number of hydrogen-bond acceptors (Lipinski definition) is 3. The number of hydrogen-bond donors (Lipinski definition) is 1. The van der Waals surface area contributed by atoms with Crippen LogP contribution in [0, 0.1) is 6.92 Å². The number of rotatable bonds is 3. The third kappa shape index (κ3) is 3.01. The average molecular weight is 234 g/mol. The van der Waals surface area contributed by atoms with E-state index >= 15 is 0 Å². The number of amidine groups is 1. The highest BCUT2D eigenvalue weighted by molar-refractivity contribution is 8.14. The SMILES string of the molecule is CCC1CN=C(NCc2cccc(C)c2)S1. The summed E-state index contributed by atoms with van der Waals surface area (Å²) in [5.74, 6) is 0. The van der Waals surface area contributed by atoms with Crippen LogP contribution in [0.4, 0.5) is 0 Å². The van der Waals surface area contributed by atoms with Crippen molar-refractivity contribution in [2.45, 2.75) is 32.1 Å². The van der Waals surface area contributed by atoms with E-state index in [9.17, 15) is 0 Å². The third-order valence-electron chi connectivity index (χ3n) is 2.70. The van der Waals surface area contributed by atoms with Crippen LogP contribution in [0.25, 0.3) is 0 Å². The van der Waals surface area contributed by atoms with Gasteiger partial charge in [-0.15, -0.1) is 0 Å². The summed E-state index contributed by atoms with van der Waals surface area (Å²) in [5, 5.41) is 5.19. The van der Waals surface area contributed by atoms with Crippen LogP contribution in [0.5, 0.6) is 0 Å². The maximum Gasteiger partial charge on any atom is 0.157 e. The predicted molar refractivity (Wildman–Crippen MR) is 72.0 cm³/mol. The first kappa shape index (κ1) is 11.5. The fourth-order valence-electron chi connectivity index (χ4n) is 1.73. The second-order valence-corrected chi connectivity index (χ2v) is 5.43. The van der Waals surface area contributed by atoms with Crippen LogP contribution in [0.15, 0.2) is 29.3 Å². The minimum atomic E-state index is 0.681. The van der Waals surface area contributed by atoms with Crippen LogP contribution in [-0.4, -0.2) is 17.0 Å². The first-order chi connectivity index (χ1) is 7.78. The quantitative estimate of drug-likeness (QED) is 0.869. The van der Waals surface area contributed by atoms with Crippen LogP contribution in [0.3, 0.4) is 0 Å². The van der Waals surface area contributed by atoms with Gasteiger partial charge in [-0.2, -0.15) is 0 Å². The van der Waals surface area contributed by atoms with Gasteiger partial charge in [-0.1, -0.05) is 48.5 Å². The van der Waals surface area contributed by atoms with Crippen LogP contribution in [0.2, 0.25) is 0 Å². The number of benzene rings is 1. The normalized spacial score (nSPS) is 19.6. The van der Waals surface area contributed by atoms with E-state index in [0.29, 0.717) is 5.25 Å². The average Bonchev–Trinajstić information content (AvgIpc) is 2.74. The molecule has 1 aliphatic rings. The van der Waals surface area contributed by atoms with E-state index in [1.807, 2.05) is 11.8 Å². The van der Waals surface area contributed by atoms with Crippen molar-refractivity contribution in [3.05, 3.63) is 35.4 Å². The summed E-state index contributed by atoms with van der Waals surface area (Å²) >= 11 is 1.87. The van der Waals surface area contributed by atoms with Gasteiger partial charge in [0, 0.05) is 11.8 Å². The van der Waals surface area contributed by atoms with Gasteiger partial charge in [0.2, 0.25) is 0 Å². The zero-order chi connectivity index (χ0) is 11.4. The second kappa shape index (κ2) is 5.39. The zero-order valence-corrected chi connectivity index (χ0v) is 10.7. The molecule has 1 aromatic carbocycles. The molecule has 0 radical (unpaired) electrons. The Kier molecular flexibility index (Phi) is 3.88. The van der Waals surface area contributed by atoms with E-state index in [0.717, 1.165) is 18.3 Å². The van der Waals surface area contributed by atoms with Gasteiger partial charge in [0.15, 0.2) is 5.17 Å². The van der Waals surface area contributed by atoms with Gasteiger partial charge in [-0.3, -0.25) is 4.99 Å². The van der Waals surface area contributed by atoms with E-state index in [1.165, 1.54) is 17.5 Å². The van der Waals surface area contributed by atoms with Crippen LogP contribution in [-0.2, 0) is 6.54 Å². The van der Waals surface area contributed by atoms with Gasteiger partial charge < -0.3 is 5.32 Å². The second-order valence-electron chi connectivity index (χ2n) is 4.14. The molecule has 0 spiro atoms. The minimum Gasteiger partial charge on any atom is -0.361 e. The summed E-state index contributed by atoms with van der Waals surface area (Å²) in [6, 6.07) is 8.59. The molecule has 2 rings (SSSR count). The zero-order valence-electron chi connectivity index (χ0n) is 9.86. The standard InChI is InChI=1S/C13H18N2S/c1-3-12-9-15-13(16-12)14-8-11-6-4-5-10(2)7-11/h4-7,12H,3,8-9H2,1-2H3,(H,14,15). The van der Waals surface area contributed by atoms with E-state index in [1.54, 1.807) is 0 Å². The van der Waals surface area contributed by atoms with Crippen molar-refractivity contribution in [2.75, 3.05) is 6.54 Å². The van der Waals surface area contributed by atoms with E-state index in [4.69, 9.17) is 0 Å². The lowest BCUT2D eigenvalue weighted by Gasteiger charge is -2.07. The Hall–Kier alpha value is -0.960. The maximum atomic E-state index is 4.49. The topological polar surface area (TPSA) is 24.4 Å². The number of thioether (sulfide) groups is 1. The minimum absolute atomic E-state index is 0.681. The monoisotopic (exact) mass is 234 g/mol. The van der Waals surface area contributed by atoms with Crippen molar-refractivity contribution < 1.29 is 0 Å². The molecule has 1 atom stereocenters.